The summed E-state index contributed by atoms with van der Waals surface area (Å²) in [5.74, 6) is 1.46. The molecule has 1 fully saturated rings. The van der Waals surface area contributed by atoms with Crippen LogP contribution >= 0.6 is 11.8 Å². The van der Waals surface area contributed by atoms with Crippen LogP contribution in [0.3, 0.4) is 0 Å². The summed E-state index contributed by atoms with van der Waals surface area (Å²) in [6.45, 7) is 1.88. The number of hydrogen-bond donors (Lipinski definition) is 2. The van der Waals surface area contributed by atoms with Gasteiger partial charge < -0.3 is 10.6 Å². The monoisotopic (exact) mass is 276 g/mol. The average Bonchev–Trinajstić information content (AvgIpc) is 2.48. The first-order valence-corrected chi connectivity index (χ1v) is 8.06. The van der Waals surface area contributed by atoms with Gasteiger partial charge in [-0.2, -0.15) is 0 Å². The van der Waals surface area contributed by atoms with Crippen LogP contribution < -0.4 is 10.6 Å². The van der Waals surface area contributed by atoms with Crippen LogP contribution in [0.15, 0.2) is 29.2 Å². The Bertz CT molecular complexity index is 457. The van der Waals surface area contributed by atoms with Gasteiger partial charge >= 0.3 is 0 Å². The molecule has 1 unspecified atom stereocenters. The molecule has 1 amide bonds. The van der Waals surface area contributed by atoms with Gasteiger partial charge in [-0.25, -0.2) is 0 Å². The molecule has 2 aliphatic rings. The normalized spacial score (nSPS) is 26.5. The summed E-state index contributed by atoms with van der Waals surface area (Å²) in [5, 5.41) is 6.56. The van der Waals surface area contributed by atoms with Crippen LogP contribution in [0.25, 0.3) is 0 Å². The molecule has 3 nitrogen and oxygen atoms in total. The number of carbonyl (C=O) groups is 1. The van der Waals surface area contributed by atoms with E-state index in [9.17, 15) is 4.79 Å². The molecule has 2 N–H and O–H groups in total. The van der Waals surface area contributed by atoms with Gasteiger partial charge in [0.1, 0.15) is 0 Å². The number of fused-ring (bicyclic) bond motifs is 1. The highest BCUT2D eigenvalue weighted by atomic mass is 32.2. The molecule has 1 aromatic carbocycles. The Balaban J connectivity index is 1.68. The fourth-order valence-corrected chi connectivity index (χ4v) is 3.98. The van der Waals surface area contributed by atoms with Gasteiger partial charge in [0.2, 0.25) is 5.91 Å². The van der Waals surface area contributed by atoms with E-state index in [1.165, 1.54) is 10.5 Å². The average molecular weight is 276 g/mol. The highest BCUT2D eigenvalue weighted by molar-refractivity contribution is 7.99. The van der Waals surface area contributed by atoms with E-state index >= 15 is 0 Å². The smallest absolute Gasteiger partial charge is 0.224 e. The third-order valence-corrected chi connectivity index (χ3v) is 5.07. The first kappa shape index (κ1) is 13.0. The highest BCUT2D eigenvalue weighted by Crippen LogP contribution is 2.35. The molecule has 2 atom stereocenters. The van der Waals surface area contributed by atoms with Crippen LogP contribution in [0.5, 0.6) is 0 Å². The Morgan fingerprint density at radius 3 is 3.05 bits per heavy atom. The van der Waals surface area contributed by atoms with Crippen molar-refractivity contribution in [2.75, 3.05) is 18.8 Å². The van der Waals surface area contributed by atoms with Crippen molar-refractivity contribution < 1.29 is 4.79 Å². The summed E-state index contributed by atoms with van der Waals surface area (Å²) in [5.41, 5.74) is 1.29. The van der Waals surface area contributed by atoms with E-state index in [0.29, 0.717) is 0 Å². The molecule has 0 aliphatic carbocycles. The van der Waals surface area contributed by atoms with Gasteiger partial charge in [-0.15, -0.1) is 11.8 Å². The zero-order valence-electron chi connectivity index (χ0n) is 11.0. The van der Waals surface area contributed by atoms with Gasteiger partial charge in [-0.3, -0.25) is 4.79 Å². The second kappa shape index (κ2) is 5.97. The Morgan fingerprint density at radius 1 is 1.32 bits per heavy atom. The summed E-state index contributed by atoms with van der Waals surface area (Å²) in [4.78, 5) is 13.6. The van der Waals surface area contributed by atoms with E-state index in [-0.39, 0.29) is 17.9 Å². The zero-order chi connectivity index (χ0) is 13.1. The van der Waals surface area contributed by atoms with E-state index < -0.39 is 0 Å². The lowest BCUT2D eigenvalue weighted by molar-refractivity contribution is -0.126. The first-order chi connectivity index (χ1) is 9.34. The molecule has 1 saturated heterocycles. The van der Waals surface area contributed by atoms with Crippen molar-refractivity contribution >= 4 is 17.7 Å². The molecular formula is C15H20N2OS. The first-order valence-electron chi connectivity index (χ1n) is 7.07. The number of benzene rings is 1. The zero-order valence-corrected chi connectivity index (χ0v) is 11.8. The van der Waals surface area contributed by atoms with Crippen molar-refractivity contribution in [1.29, 1.82) is 0 Å². The minimum absolute atomic E-state index is 0.149. The largest absolute Gasteiger partial charge is 0.349 e. The van der Waals surface area contributed by atoms with Crippen molar-refractivity contribution in [3.05, 3.63) is 29.8 Å². The predicted octanol–water partition coefficient (Wildman–Crippen LogP) is 2.34. The molecule has 3 rings (SSSR count). The summed E-state index contributed by atoms with van der Waals surface area (Å²) < 4.78 is 0. The molecule has 0 aromatic heterocycles. The molecule has 0 radical (unpaired) electrons. The maximum Gasteiger partial charge on any atom is 0.224 e. The van der Waals surface area contributed by atoms with E-state index in [4.69, 9.17) is 0 Å². The predicted molar refractivity (Wildman–Crippen MR) is 78.3 cm³/mol. The molecule has 2 aliphatic heterocycles. The highest BCUT2D eigenvalue weighted by Gasteiger charge is 2.26. The molecule has 0 spiro atoms. The van der Waals surface area contributed by atoms with Crippen LogP contribution in [0.4, 0.5) is 0 Å². The van der Waals surface area contributed by atoms with Gasteiger partial charge in [-0.1, -0.05) is 18.2 Å². The number of rotatable bonds is 2. The minimum atomic E-state index is 0.149. The molecule has 0 saturated carbocycles. The quantitative estimate of drug-likeness (QED) is 0.871. The van der Waals surface area contributed by atoms with E-state index in [0.717, 1.165) is 38.1 Å². The van der Waals surface area contributed by atoms with E-state index in [2.05, 4.69) is 34.9 Å². The fourth-order valence-electron chi connectivity index (χ4n) is 2.86. The summed E-state index contributed by atoms with van der Waals surface area (Å²) in [6, 6.07) is 8.63. The molecule has 102 valence electrons. The van der Waals surface area contributed by atoms with Crippen molar-refractivity contribution in [3.8, 4) is 0 Å². The van der Waals surface area contributed by atoms with Gasteiger partial charge in [0.15, 0.2) is 0 Å². The van der Waals surface area contributed by atoms with Gasteiger partial charge in [0.05, 0.1) is 12.0 Å². The van der Waals surface area contributed by atoms with E-state index in [1.807, 2.05) is 11.8 Å². The van der Waals surface area contributed by atoms with Crippen LogP contribution in [0, 0.1) is 5.92 Å². The van der Waals surface area contributed by atoms with Crippen LogP contribution in [-0.4, -0.2) is 24.7 Å². The van der Waals surface area contributed by atoms with Crippen molar-refractivity contribution in [2.45, 2.75) is 30.2 Å². The topological polar surface area (TPSA) is 41.1 Å². The van der Waals surface area contributed by atoms with Crippen molar-refractivity contribution in [1.82, 2.24) is 10.6 Å². The summed E-state index contributed by atoms with van der Waals surface area (Å²) >= 11 is 1.89. The number of carbonyl (C=O) groups excluding carboxylic acids is 1. The lowest BCUT2D eigenvalue weighted by Gasteiger charge is -2.29. The number of thioether (sulfide) groups is 1. The van der Waals surface area contributed by atoms with Crippen LogP contribution in [0.2, 0.25) is 0 Å². The van der Waals surface area contributed by atoms with Gasteiger partial charge in [0, 0.05) is 17.2 Å². The van der Waals surface area contributed by atoms with Crippen molar-refractivity contribution in [3.63, 3.8) is 0 Å². The van der Waals surface area contributed by atoms with Gasteiger partial charge in [-0.05, 0) is 37.4 Å². The molecular weight excluding hydrogens is 256 g/mol. The maximum atomic E-state index is 12.3. The third kappa shape index (κ3) is 2.95. The molecule has 19 heavy (non-hydrogen) atoms. The number of nitrogens with one attached hydrogen (secondary N) is 2. The number of piperidine rings is 1. The Morgan fingerprint density at radius 2 is 2.21 bits per heavy atom. The Hall–Kier alpha value is -1.00. The summed E-state index contributed by atoms with van der Waals surface area (Å²) in [6.07, 6.45) is 3.16. The lowest BCUT2D eigenvalue weighted by atomic mass is 9.97. The van der Waals surface area contributed by atoms with Crippen LogP contribution in [0.1, 0.15) is 30.9 Å². The second-order valence-electron chi connectivity index (χ2n) is 5.28. The standard InChI is InChI=1S/C15H20N2OS/c18-15(11-4-3-8-16-10-11)17-13-7-9-19-14-6-2-1-5-12(13)14/h1-2,5-6,11,13,16H,3-4,7-10H2,(H,17,18)/t11-,13?/m0/s1. The molecule has 4 heteroatoms. The lowest BCUT2D eigenvalue weighted by Crippen LogP contribution is -2.42. The molecule has 1 aromatic rings. The maximum absolute atomic E-state index is 12.3. The third-order valence-electron chi connectivity index (χ3n) is 3.94. The van der Waals surface area contributed by atoms with Crippen molar-refractivity contribution in [2.24, 2.45) is 5.92 Å². The van der Waals surface area contributed by atoms with E-state index in [1.54, 1.807) is 0 Å². The Labute approximate surface area is 118 Å². The number of amides is 1. The van der Waals surface area contributed by atoms with Gasteiger partial charge in [0.25, 0.3) is 0 Å². The summed E-state index contributed by atoms with van der Waals surface area (Å²) in [7, 11) is 0. The fraction of sp³-hybridized carbons (Fsp3) is 0.533. The van der Waals surface area contributed by atoms with Crippen LogP contribution in [-0.2, 0) is 4.79 Å². The SMILES string of the molecule is O=C(NC1CCSc2ccccc21)[C@H]1CCCNC1. The second-order valence-corrected chi connectivity index (χ2v) is 6.42. The number of hydrogen-bond acceptors (Lipinski definition) is 3. The molecule has 2 heterocycles. The molecule has 0 bridgehead atoms. The minimum Gasteiger partial charge on any atom is -0.349 e. The Kier molecular flexibility index (Phi) is 4.09.